The fourth-order valence-corrected chi connectivity index (χ4v) is 4.72. The fraction of sp³-hybridized carbons (Fsp3) is 0.0370. The molecule has 4 aromatic carbocycles. The Bertz CT molecular complexity index is 1700. The van der Waals surface area contributed by atoms with E-state index in [1.165, 1.54) is 16.3 Å². The maximum Gasteiger partial charge on any atom is 0.0992 e. The largest absolute Gasteiger partial charge is 0.344 e. The molecule has 0 N–H and O–H groups in total. The van der Waals surface area contributed by atoms with Crippen LogP contribution >= 0.6 is 0 Å². The van der Waals surface area contributed by atoms with E-state index in [2.05, 4.69) is 70.8 Å². The molecule has 144 valence electrons. The molecular weight excluding hydrogens is 380 g/mol. The minimum atomic E-state index is 0.614. The third-order valence-corrected chi connectivity index (χ3v) is 6.18. The third kappa shape index (κ3) is 2.34. The maximum absolute atomic E-state index is 9.47. The fourth-order valence-electron chi connectivity index (χ4n) is 4.72. The predicted molar refractivity (Wildman–Crippen MR) is 124 cm³/mol. The lowest BCUT2D eigenvalue weighted by molar-refractivity contribution is 1.01. The van der Waals surface area contributed by atoms with E-state index in [4.69, 9.17) is 0 Å². The van der Waals surface area contributed by atoms with Crippen LogP contribution in [0, 0.1) is 22.7 Å². The highest BCUT2D eigenvalue weighted by atomic mass is 15.0. The number of hydrogen-bond donors (Lipinski definition) is 0. The van der Waals surface area contributed by atoms with Crippen molar-refractivity contribution in [3.8, 4) is 17.8 Å². The normalized spacial score (nSPS) is 11.3. The van der Waals surface area contributed by atoms with Crippen LogP contribution < -0.4 is 0 Å². The Balaban J connectivity index is 1.76. The summed E-state index contributed by atoms with van der Waals surface area (Å²) in [5, 5.41) is 23.5. The van der Waals surface area contributed by atoms with Gasteiger partial charge in [-0.2, -0.15) is 10.5 Å². The summed E-state index contributed by atoms with van der Waals surface area (Å²) in [6, 6.07) is 30.9. The van der Waals surface area contributed by atoms with Crippen LogP contribution in [0.1, 0.15) is 11.1 Å². The highest BCUT2D eigenvalue weighted by molar-refractivity contribution is 6.11. The lowest BCUT2D eigenvalue weighted by Gasteiger charge is -2.09. The van der Waals surface area contributed by atoms with E-state index in [0.29, 0.717) is 11.1 Å². The second kappa shape index (κ2) is 6.23. The molecule has 0 amide bonds. The molecule has 0 radical (unpaired) electrons. The SMILES string of the molecule is Cn1c2ccccc2c2ccc(-n3c4cc(C#N)ccc4c4ccc(C#N)cc43)cc21. The van der Waals surface area contributed by atoms with Gasteiger partial charge in [-0.25, -0.2) is 0 Å². The van der Waals surface area contributed by atoms with Gasteiger partial charge in [-0.05, 0) is 42.5 Å². The number of aromatic nitrogens is 2. The van der Waals surface area contributed by atoms with Crippen LogP contribution in [0.3, 0.4) is 0 Å². The second-order valence-corrected chi connectivity index (χ2v) is 7.80. The molecule has 0 bridgehead atoms. The first kappa shape index (κ1) is 17.3. The predicted octanol–water partition coefficient (Wildman–Crippen LogP) is 6.17. The molecule has 0 aliphatic carbocycles. The summed E-state index contributed by atoms with van der Waals surface area (Å²) in [6.07, 6.45) is 0. The molecule has 0 saturated carbocycles. The van der Waals surface area contributed by atoms with Gasteiger partial charge in [-0.15, -0.1) is 0 Å². The van der Waals surface area contributed by atoms with Crippen LogP contribution in [0.2, 0.25) is 0 Å². The van der Waals surface area contributed by atoms with E-state index in [0.717, 1.165) is 33.0 Å². The molecule has 0 atom stereocenters. The van der Waals surface area contributed by atoms with Crippen molar-refractivity contribution in [3.05, 3.63) is 90.0 Å². The van der Waals surface area contributed by atoms with Gasteiger partial charge >= 0.3 is 0 Å². The van der Waals surface area contributed by atoms with Crippen LogP contribution in [0.25, 0.3) is 49.3 Å². The average Bonchev–Trinajstić information content (AvgIpc) is 3.30. The van der Waals surface area contributed by atoms with Gasteiger partial charge in [-0.1, -0.05) is 36.4 Å². The minimum Gasteiger partial charge on any atom is -0.344 e. The monoisotopic (exact) mass is 396 g/mol. The maximum atomic E-state index is 9.47. The van der Waals surface area contributed by atoms with Gasteiger partial charge in [-0.3, -0.25) is 0 Å². The molecule has 4 nitrogen and oxygen atoms in total. The Kier molecular flexibility index (Phi) is 3.48. The van der Waals surface area contributed by atoms with Crippen LogP contribution in [-0.2, 0) is 7.05 Å². The van der Waals surface area contributed by atoms with E-state index in [9.17, 15) is 10.5 Å². The van der Waals surface area contributed by atoms with Crippen molar-refractivity contribution in [2.75, 3.05) is 0 Å². The van der Waals surface area contributed by atoms with Crippen LogP contribution in [0.15, 0.2) is 78.9 Å². The Morgan fingerprint density at radius 3 is 1.77 bits per heavy atom. The molecule has 0 aliphatic heterocycles. The van der Waals surface area contributed by atoms with Crippen LogP contribution in [0.4, 0.5) is 0 Å². The van der Waals surface area contributed by atoms with Gasteiger partial charge in [0.2, 0.25) is 0 Å². The third-order valence-electron chi connectivity index (χ3n) is 6.18. The molecule has 0 spiro atoms. The lowest BCUT2D eigenvalue weighted by atomic mass is 10.1. The summed E-state index contributed by atoms with van der Waals surface area (Å²) in [7, 11) is 2.09. The Morgan fingerprint density at radius 2 is 1.13 bits per heavy atom. The van der Waals surface area contributed by atoms with Crippen LogP contribution in [0.5, 0.6) is 0 Å². The quantitative estimate of drug-likeness (QED) is 0.334. The number of benzene rings is 4. The highest BCUT2D eigenvalue weighted by Crippen LogP contribution is 2.35. The van der Waals surface area contributed by atoms with E-state index < -0.39 is 0 Å². The molecule has 0 saturated heterocycles. The number of aryl methyl sites for hydroxylation is 1. The van der Waals surface area contributed by atoms with Gasteiger partial charge in [0.05, 0.1) is 39.8 Å². The summed E-state index contributed by atoms with van der Waals surface area (Å²) in [5.41, 5.74) is 6.48. The topological polar surface area (TPSA) is 57.4 Å². The van der Waals surface area contributed by atoms with Crippen molar-refractivity contribution in [3.63, 3.8) is 0 Å². The highest BCUT2D eigenvalue weighted by Gasteiger charge is 2.15. The second-order valence-electron chi connectivity index (χ2n) is 7.80. The van der Waals surface area contributed by atoms with Gasteiger partial charge in [0.15, 0.2) is 0 Å². The molecule has 2 aromatic heterocycles. The first-order chi connectivity index (χ1) is 15.2. The Labute approximate surface area is 178 Å². The molecule has 31 heavy (non-hydrogen) atoms. The van der Waals surface area contributed by atoms with Crippen molar-refractivity contribution in [2.45, 2.75) is 0 Å². The molecule has 0 unspecified atom stereocenters. The first-order valence-corrected chi connectivity index (χ1v) is 10.1. The first-order valence-electron chi connectivity index (χ1n) is 10.1. The summed E-state index contributed by atoms with van der Waals surface area (Å²) >= 11 is 0. The zero-order valence-corrected chi connectivity index (χ0v) is 16.8. The van der Waals surface area contributed by atoms with Crippen molar-refractivity contribution in [1.29, 1.82) is 10.5 Å². The van der Waals surface area contributed by atoms with Crippen molar-refractivity contribution in [1.82, 2.24) is 9.13 Å². The van der Waals surface area contributed by atoms with E-state index >= 15 is 0 Å². The Morgan fingerprint density at radius 1 is 0.581 bits per heavy atom. The standard InChI is InChI=1S/C27H16N4/c1-30-24-5-3-2-4-20(24)21-11-8-19(14-25(21)30)31-26-12-17(15-28)6-9-22(26)23-10-7-18(16-29)13-27(23)31/h2-14H,1H3. The zero-order valence-electron chi connectivity index (χ0n) is 16.8. The molecule has 2 heterocycles. The summed E-state index contributed by atoms with van der Waals surface area (Å²) in [4.78, 5) is 0. The number of hydrogen-bond acceptors (Lipinski definition) is 2. The molecule has 0 aliphatic rings. The molecule has 0 fully saturated rings. The van der Waals surface area contributed by atoms with Crippen molar-refractivity contribution in [2.24, 2.45) is 7.05 Å². The van der Waals surface area contributed by atoms with Gasteiger partial charge in [0, 0.05) is 39.8 Å². The van der Waals surface area contributed by atoms with Gasteiger partial charge < -0.3 is 9.13 Å². The van der Waals surface area contributed by atoms with Crippen LogP contribution in [-0.4, -0.2) is 9.13 Å². The summed E-state index contributed by atoms with van der Waals surface area (Å²) < 4.78 is 4.37. The van der Waals surface area contributed by atoms with Gasteiger partial charge in [0.1, 0.15) is 0 Å². The molecule has 6 aromatic rings. The number of fused-ring (bicyclic) bond motifs is 6. The van der Waals surface area contributed by atoms with E-state index in [1.807, 2.05) is 36.4 Å². The Hall–Kier alpha value is -4.54. The zero-order chi connectivity index (χ0) is 21.1. The lowest BCUT2D eigenvalue weighted by Crippen LogP contribution is -1.95. The average molecular weight is 396 g/mol. The number of nitrogens with zero attached hydrogens (tertiary/aromatic N) is 4. The molecule has 6 rings (SSSR count). The van der Waals surface area contributed by atoms with E-state index in [1.54, 1.807) is 0 Å². The number of nitriles is 2. The smallest absolute Gasteiger partial charge is 0.0992 e. The number of rotatable bonds is 1. The minimum absolute atomic E-state index is 0.614. The van der Waals surface area contributed by atoms with Gasteiger partial charge in [0.25, 0.3) is 0 Å². The van der Waals surface area contributed by atoms with Crippen molar-refractivity contribution < 1.29 is 0 Å². The molecule has 4 heteroatoms. The summed E-state index contributed by atoms with van der Waals surface area (Å²) in [5.74, 6) is 0. The van der Waals surface area contributed by atoms with E-state index in [-0.39, 0.29) is 0 Å². The number of para-hydroxylation sites is 1. The summed E-state index contributed by atoms with van der Waals surface area (Å²) in [6.45, 7) is 0. The van der Waals surface area contributed by atoms with Crippen molar-refractivity contribution >= 4 is 43.6 Å². The molecular formula is C27H16N4.